The number of nitrogens with zero attached hydrogens (tertiary/aromatic N) is 4. The first-order valence-electron chi connectivity index (χ1n) is 12.2. The van der Waals surface area contributed by atoms with Crippen molar-refractivity contribution in [3.8, 4) is 0 Å². The van der Waals surface area contributed by atoms with E-state index in [2.05, 4.69) is 61.7 Å². The van der Waals surface area contributed by atoms with Gasteiger partial charge in [-0.05, 0) is 62.0 Å². The number of hydrogen-bond acceptors (Lipinski definition) is 4. The van der Waals surface area contributed by atoms with E-state index in [1.165, 1.54) is 56.4 Å². The standard InChI is InChI=1S/C27H32F2N4S/c1-34(24-14-16-32(17-15-24)22-8-5-9-22)33(23-6-3-2-4-7-23)19-20-10-12-21(13-11-20)25-18-26(27(28)29)31-30-25/h2-4,6-7,10-13,22,24,27H,1,5,8-9,14-19H2. The van der Waals surface area contributed by atoms with Crippen LogP contribution in [0.25, 0.3) is 0 Å². The van der Waals surface area contributed by atoms with Gasteiger partial charge in [0.2, 0.25) is 0 Å². The average Bonchev–Trinajstić information content (AvgIpc) is 3.33. The Bertz CT molecular complexity index is 1060. The highest BCUT2D eigenvalue weighted by Gasteiger charge is 2.30. The van der Waals surface area contributed by atoms with Crippen molar-refractivity contribution in [1.82, 2.24) is 4.90 Å². The number of likely N-dealkylation sites (tertiary alicyclic amines) is 1. The van der Waals surface area contributed by atoms with Gasteiger partial charge in [0.05, 0.1) is 12.3 Å². The van der Waals surface area contributed by atoms with E-state index < -0.39 is 6.43 Å². The van der Waals surface area contributed by atoms with Crippen LogP contribution in [0.1, 0.15) is 49.7 Å². The largest absolute Gasteiger partial charge is 0.318 e. The van der Waals surface area contributed by atoms with Crippen LogP contribution in [0.4, 0.5) is 14.5 Å². The number of para-hydroxylation sites is 1. The van der Waals surface area contributed by atoms with Crippen molar-refractivity contribution < 1.29 is 8.78 Å². The molecule has 2 aromatic carbocycles. The average molecular weight is 483 g/mol. The molecule has 1 unspecified atom stereocenters. The molecule has 0 amide bonds. The van der Waals surface area contributed by atoms with Crippen molar-refractivity contribution in [3.05, 3.63) is 65.7 Å². The lowest BCUT2D eigenvalue weighted by Gasteiger charge is -2.43. The smallest absolute Gasteiger partial charge is 0.278 e. The van der Waals surface area contributed by atoms with Gasteiger partial charge in [0.15, 0.2) is 0 Å². The summed E-state index contributed by atoms with van der Waals surface area (Å²) in [5, 5.41) is 8.20. The van der Waals surface area contributed by atoms with Crippen LogP contribution in [0.5, 0.6) is 0 Å². The molecule has 1 aliphatic carbocycles. The molecule has 2 aromatic rings. The molecular weight excluding hydrogens is 450 g/mol. The van der Waals surface area contributed by atoms with Crippen LogP contribution >= 0.6 is 10.7 Å². The summed E-state index contributed by atoms with van der Waals surface area (Å²) in [6.07, 6.45) is 4.11. The molecule has 4 nitrogen and oxygen atoms in total. The maximum absolute atomic E-state index is 12.9. The van der Waals surface area contributed by atoms with Crippen molar-refractivity contribution in [3.63, 3.8) is 0 Å². The van der Waals surface area contributed by atoms with E-state index in [1.54, 1.807) is 0 Å². The zero-order valence-corrected chi connectivity index (χ0v) is 20.3. The number of piperidine rings is 1. The fourth-order valence-corrected chi connectivity index (χ4v) is 6.79. The van der Waals surface area contributed by atoms with E-state index in [1.807, 2.05) is 18.2 Å². The van der Waals surface area contributed by atoms with E-state index in [4.69, 9.17) is 0 Å². The van der Waals surface area contributed by atoms with E-state index in [0.29, 0.717) is 11.0 Å². The molecule has 0 N–H and O–H groups in total. The van der Waals surface area contributed by atoms with Gasteiger partial charge in [-0.1, -0.05) is 65.4 Å². The summed E-state index contributed by atoms with van der Waals surface area (Å²) >= 11 is 0. The van der Waals surface area contributed by atoms with Crippen LogP contribution < -0.4 is 4.31 Å². The van der Waals surface area contributed by atoms with E-state index >= 15 is 0 Å². The molecule has 2 heterocycles. The highest BCUT2D eigenvalue weighted by atomic mass is 32.2. The molecule has 5 rings (SSSR count). The van der Waals surface area contributed by atoms with Gasteiger partial charge in [-0.15, -0.1) is 0 Å². The Morgan fingerprint density at radius 3 is 2.26 bits per heavy atom. The zero-order chi connectivity index (χ0) is 23.5. The monoisotopic (exact) mass is 482 g/mol. The van der Waals surface area contributed by atoms with Crippen LogP contribution in [0.3, 0.4) is 0 Å². The normalized spacial score (nSPS) is 20.7. The fraction of sp³-hybridized carbons (Fsp3) is 0.444. The lowest BCUT2D eigenvalue weighted by molar-refractivity contribution is 0.107. The third kappa shape index (κ3) is 5.15. The molecule has 34 heavy (non-hydrogen) atoms. The molecule has 3 aliphatic rings. The summed E-state index contributed by atoms with van der Waals surface area (Å²) in [5.74, 6) is 4.67. The van der Waals surface area contributed by atoms with Gasteiger partial charge in [0.1, 0.15) is 5.71 Å². The second kappa shape index (κ2) is 10.5. The summed E-state index contributed by atoms with van der Waals surface area (Å²) in [5.41, 5.74) is 3.68. The molecule has 0 aromatic heterocycles. The van der Waals surface area contributed by atoms with Crippen molar-refractivity contribution in [1.29, 1.82) is 0 Å². The molecule has 0 radical (unpaired) electrons. The van der Waals surface area contributed by atoms with Gasteiger partial charge in [0.25, 0.3) is 6.43 Å². The first-order valence-corrected chi connectivity index (χ1v) is 13.6. The summed E-state index contributed by atoms with van der Waals surface area (Å²) in [6.45, 7) is 3.15. The SMILES string of the molecule is C=S(C1CCN(C2CCC2)CC1)N(Cc1ccc(C2=NN=C(C(F)F)C2)cc1)c1ccccc1. The number of halogens is 2. The Kier molecular flexibility index (Phi) is 7.21. The lowest BCUT2D eigenvalue weighted by atomic mass is 9.90. The highest BCUT2D eigenvalue weighted by molar-refractivity contribution is 8.15. The number of benzene rings is 2. The van der Waals surface area contributed by atoms with E-state index in [0.717, 1.165) is 18.2 Å². The summed E-state index contributed by atoms with van der Waals surface area (Å²) in [6, 6.07) is 19.5. The summed E-state index contributed by atoms with van der Waals surface area (Å²) in [4.78, 5) is 2.69. The first-order chi connectivity index (χ1) is 16.6. The van der Waals surface area contributed by atoms with Gasteiger partial charge in [0, 0.05) is 23.4 Å². The van der Waals surface area contributed by atoms with Crippen LogP contribution in [0, 0.1) is 0 Å². The van der Waals surface area contributed by atoms with Crippen molar-refractivity contribution in [2.45, 2.75) is 62.8 Å². The van der Waals surface area contributed by atoms with E-state index in [-0.39, 0.29) is 22.8 Å². The van der Waals surface area contributed by atoms with Crippen molar-refractivity contribution >= 4 is 33.7 Å². The minimum Gasteiger partial charge on any atom is -0.318 e. The zero-order valence-electron chi connectivity index (χ0n) is 19.5. The second-order valence-corrected chi connectivity index (χ2v) is 11.3. The Morgan fingerprint density at radius 2 is 1.68 bits per heavy atom. The molecule has 1 atom stereocenters. The van der Waals surface area contributed by atoms with Crippen LogP contribution in [0.2, 0.25) is 0 Å². The first kappa shape index (κ1) is 23.4. The van der Waals surface area contributed by atoms with Crippen molar-refractivity contribution in [2.24, 2.45) is 10.2 Å². The Balaban J connectivity index is 1.27. The fourth-order valence-electron chi connectivity index (χ4n) is 4.96. The van der Waals surface area contributed by atoms with Crippen LogP contribution in [-0.4, -0.2) is 53.0 Å². The topological polar surface area (TPSA) is 31.2 Å². The van der Waals surface area contributed by atoms with Crippen LogP contribution in [-0.2, 0) is 6.54 Å². The number of anilines is 1. The van der Waals surface area contributed by atoms with Crippen molar-refractivity contribution in [2.75, 3.05) is 17.4 Å². The summed E-state index contributed by atoms with van der Waals surface area (Å²) < 4.78 is 28.2. The second-order valence-electron chi connectivity index (χ2n) is 9.41. The summed E-state index contributed by atoms with van der Waals surface area (Å²) in [7, 11) is -0.144. The predicted octanol–water partition coefficient (Wildman–Crippen LogP) is 6.14. The number of rotatable bonds is 8. The third-order valence-electron chi connectivity index (χ3n) is 7.29. The molecule has 1 saturated carbocycles. The Labute approximate surface area is 203 Å². The quantitative estimate of drug-likeness (QED) is 0.423. The molecule has 2 aliphatic heterocycles. The van der Waals surface area contributed by atoms with Crippen LogP contribution in [0.15, 0.2) is 64.8 Å². The third-order valence-corrected chi connectivity index (χ3v) is 9.44. The Hall–Kier alpha value is -2.38. The molecule has 7 heteroatoms. The van der Waals surface area contributed by atoms with Gasteiger partial charge >= 0.3 is 0 Å². The molecule has 180 valence electrons. The van der Waals surface area contributed by atoms with Gasteiger partial charge in [-0.2, -0.15) is 10.2 Å². The minimum atomic E-state index is -2.55. The maximum atomic E-state index is 12.9. The lowest BCUT2D eigenvalue weighted by Crippen LogP contribution is -2.46. The molecule has 0 bridgehead atoms. The minimum absolute atomic E-state index is 0.120. The molecular formula is C27H32F2N4S. The predicted molar refractivity (Wildman–Crippen MR) is 141 cm³/mol. The van der Waals surface area contributed by atoms with E-state index in [9.17, 15) is 8.78 Å². The number of alkyl halides is 2. The van der Waals surface area contributed by atoms with Gasteiger partial charge in [-0.3, -0.25) is 0 Å². The highest BCUT2D eigenvalue weighted by Crippen LogP contribution is 2.38. The number of hydrogen-bond donors (Lipinski definition) is 0. The molecule has 2 fully saturated rings. The molecule has 1 saturated heterocycles. The molecule has 0 spiro atoms. The maximum Gasteiger partial charge on any atom is 0.278 e. The van der Waals surface area contributed by atoms with Gasteiger partial charge < -0.3 is 9.21 Å². The van der Waals surface area contributed by atoms with Gasteiger partial charge in [-0.25, -0.2) is 8.78 Å². The Morgan fingerprint density at radius 1 is 0.971 bits per heavy atom.